The molecule has 0 atom stereocenters. The summed E-state index contributed by atoms with van der Waals surface area (Å²) >= 11 is 0. The maximum atomic E-state index is 13.9. The lowest BCUT2D eigenvalue weighted by molar-refractivity contribution is -0.115. The second kappa shape index (κ2) is 10.1. The molecule has 0 saturated carbocycles. The number of anilines is 1. The van der Waals surface area contributed by atoms with Crippen molar-refractivity contribution in [3.05, 3.63) is 115 Å². The van der Waals surface area contributed by atoms with E-state index in [1.165, 1.54) is 12.1 Å². The number of carbonyl (C=O) groups is 1. The first-order valence-electron chi connectivity index (χ1n) is 13.0. The number of halogens is 1. The second-order valence-electron chi connectivity index (χ2n) is 9.66. The summed E-state index contributed by atoms with van der Waals surface area (Å²) < 4.78 is 13.9. The van der Waals surface area contributed by atoms with E-state index >= 15 is 0 Å². The molecular formula is C32H22FN7O. The standard InChI is InChI=1S/C32H22FN7O/c33-23-8-4-7-21(14-23)25-11-12-35-31-29(25)37-32(38-31)30-26-16-20(9-10-27(26)39-40-30)22-15-24(18-34-17-22)36-28(41)13-19-5-2-1-3-6-19/h1-12,14-18H,13H2,(H,36,41)(H,39,40)(H,35,37,38). The minimum atomic E-state index is -0.313. The molecule has 0 unspecified atom stereocenters. The molecule has 1 amide bonds. The summed E-state index contributed by atoms with van der Waals surface area (Å²) in [4.78, 5) is 29.4. The Morgan fingerprint density at radius 3 is 2.66 bits per heavy atom. The number of hydrogen-bond acceptors (Lipinski definition) is 5. The number of imidazole rings is 1. The van der Waals surface area contributed by atoms with Gasteiger partial charge >= 0.3 is 0 Å². The topological polar surface area (TPSA) is 112 Å². The number of aromatic nitrogens is 6. The summed E-state index contributed by atoms with van der Waals surface area (Å²) in [6, 6.07) is 25.7. The Labute approximate surface area is 233 Å². The van der Waals surface area contributed by atoms with Crippen LogP contribution in [-0.2, 0) is 11.2 Å². The van der Waals surface area contributed by atoms with Crippen molar-refractivity contribution in [2.24, 2.45) is 0 Å². The lowest BCUT2D eigenvalue weighted by atomic mass is 10.0. The first kappa shape index (κ1) is 24.3. The average molecular weight is 540 g/mol. The molecule has 0 aliphatic carbocycles. The average Bonchev–Trinajstić information content (AvgIpc) is 3.61. The molecule has 0 saturated heterocycles. The van der Waals surface area contributed by atoms with E-state index < -0.39 is 0 Å². The van der Waals surface area contributed by atoms with Crippen LogP contribution in [0.5, 0.6) is 0 Å². The number of benzene rings is 3. The molecule has 0 radical (unpaired) electrons. The second-order valence-corrected chi connectivity index (χ2v) is 9.66. The predicted molar refractivity (Wildman–Crippen MR) is 156 cm³/mol. The van der Waals surface area contributed by atoms with Crippen LogP contribution in [0.3, 0.4) is 0 Å². The van der Waals surface area contributed by atoms with Crippen LogP contribution in [0, 0.1) is 5.82 Å². The van der Waals surface area contributed by atoms with Gasteiger partial charge in [-0.15, -0.1) is 0 Å². The lowest BCUT2D eigenvalue weighted by Crippen LogP contribution is -2.14. The molecular weight excluding hydrogens is 517 g/mol. The summed E-state index contributed by atoms with van der Waals surface area (Å²) in [6.45, 7) is 0. The SMILES string of the molecule is O=C(Cc1ccccc1)Nc1cncc(-c2ccc3[nH]nc(-c4nc5nccc(-c6cccc(F)c6)c5[nH]4)c3c2)c1. The van der Waals surface area contributed by atoms with Gasteiger partial charge in [0.05, 0.1) is 29.3 Å². The fourth-order valence-corrected chi connectivity index (χ4v) is 4.95. The van der Waals surface area contributed by atoms with Crippen molar-refractivity contribution in [1.29, 1.82) is 0 Å². The largest absolute Gasteiger partial charge is 0.335 e. The minimum Gasteiger partial charge on any atom is -0.335 e. The lowest BCUT2D eigenvalue weighted by Gasteiger charge is -2.08. The number of pyridine rings is 2. The normalized spacial score (nSPS) is 11.2. The molecule has 4 aromatic heterocycles. The van der Waals surface area contributed by atoms with Crippen LogP contribution in [0.2, 0.25) is 0 Å². The van der Waals surface area contributed by atoms with E-state index in [9.17, 15) is 9.18 Å². The molecule has 7 aromatic rings. The van der Waals surface area contributed by atoms with Crippen molar-refractivity contribution in [2.75, 3.05) is 5.32 Å². The highest BCUT2D eigenvalue weighted by Crippen LogP contribution is 2.33. The third kappa shape index (κ3) is 4.80. The van der Waals surface area contributed by atoms with Gasteiger partial charge in [-0.3, -0.25) is 14.9 Å². The number of hydrogen-bond donors (Lipinski definition) is 3. The number of nitrogens with zero attached hydrogens (tertiary/aromatic N) is 4. The van der Waals surface area contributed by atoms with E-state index in [0.717, 1.165) is 38.7 Å². The zero-order chi connectivity index (χ0) is 27.8. The number of amides is 1. The molecule has 7 rings (SSSR count). The van der Waals surface area contributed by atoms with Gasteiger partial charge in [-0.05, 0) is 53.1 Å². The van der Waals surface area contributed by atoms with E-state index in [0.29, 0.717) is 28.4 Å². The highest BCUT2D eigenvalue weighted by atomic mass is 19.1. The van der Waals surface area contributed by atoms with E-state index in [1.54, 1.807) is 24.7 Å². The summed E-state index contributed by atoms with van der Waals surface area (Å²) in [5.41, 5.74) is 7.50. The minimum absolute atomic E-state index is 0.112. The summed E-state index contributed by atoms with van der Waals surface area (Å²) in [5.74, 6) is 0.117. The van der Waals surface area contributed by atoms with E-state index in [1.807, 2.05) is 66.7 Å². The highest BCUT2D eigenvalue weighted by Gasteiger charge is 2.17. The van der Waals surface area contributed by atoms with Gasteiger partial charge in [0.25, 0.3) is 0 Å². The first-order valence-corrected chi connectivity index (χ1v) is 13.0. The van der Waals surface area contributed by atoms with Gasteiger partial charge in [0.2, 0.25) is 5.91 Å². The molecule has 8 nitrogen and oxygen atoms in total. The fourth-order valence-electron chi connectivity index (χ4n) is 4.95. The van der Waals surface area contributed by atoms with Gasteiger partial charge in [0.15, 0.2) is 11.5 Å². The van der Waals surface area contributed by atoms with Crippen molar-refractivity contribution in [3.63, 3.8) is 0 Å². The van der Waals surface area contributed by atoms with Crippen molar-refractivity contribution in [2.45, 2.75) is 6.42 Å². The Morgan fingerprint density at radius 1 is 0.878 bits per heavy atom. The van der Waals surface area contributed by atoms with E-state index in [2.05, 4.69) is 30.5 Å². The monoisotopic (exact) mass is 539 g/mol. The number of H-pyrrole nitrogens is 2. The Hall–Kier alpha value is -5.70. The van der Waals surface area contributed by atoms with Crippen LogP contribution in [0.1, 0.15) is 5.56 Å². The third-order valence-electron chi connectivity index (χ3n) is 6.88. The number of nitrogens with one attached hydrogen (secondary N) is 3. The molecule has 41 heavy (non-hydrogen) atoms. The fraction of sp³-hybridized carbons (Fsp3) is 0.0312. The molecule has 3 N–H and O–H groups in total. The molecule has 9 heteroatoms. The molecule has 3 aromatic carbocycles. The molecule has 4 heterocycles. The van der Waals surface area contributed by atoms with Gasteiger partial charge < -0.3 is 10.3 Å². The molecule has 0 bridgehead atoms. The zero-order valence-corrected chi connectivity index (χ0v) is 21.6. The van der Waals surface area contributed by atoms with Gasteiger partial charge in [0, 0.05) is 28.9 Å². The van der Waals surface area contributed by atoms with Crippen LogP contribution >= 0.6 is 0 Å². The maximum Gasteiger partial charge on any atom is 0.228 e. The van der Waals surface area contributed by atoms with Gasteiger partial charge in [0.1, 0.15) is 11.5 Å². The molecule has 0 fully saturated rings. The van der Waals surface area contributed by atoms with Crippen LogP contribution in [-0.4, -0.2) is 36.0 Å². The Kier molecular flexibility index (Phi) is 6.01. The van der Waals surface area contributed by atoms with Crippen molar-refractivity contribution >= 4 is 33.7 Å². The summed E-state index contributed by atoms with van der Waals surface area (Å²) in [6.07, 6.45) is 5.32. The number of carbonyl (C=O) groups excluding carboxylic acids is 1. The highest BCUT2D eigenvalue weighted by molar-refractivity contribution is 5.98. The molecule has 0 aliphatic heterocycles. The van der Waals surface area contributed by atoms with Crippen LogP contribution < -0.4 is 5.32 Å². The quantitative estimate of drug-likeness (QED) is 0.222. The van der Waals surface area contributed by atoms with Gasteiger partial charge in [-0.2, -0.15) is 5.10 Å². The number of aromatic amines is 2. The summed E-state index contributed by atoms with van der Waals surface area (Å²) in [7, 11) is 0. The van der Waals surface area contributed by atoms with Crippen LogP contribution in [0.15, 0.2) is 104 Å². The first-order chi connectivity index (χ1) is 20.1. The zero-order valence-electron chi connectivity index (χ0n) is 21.6. The Morgan fingerprint density at radius 2 is 1.78 bits per heavy atom. The molecule has 198 valence electrons. The van der Waals surface area contributed by atoms with Gasteiger partial charge in [-0.1, -0.05) is 48.5 Å². The van der Waals surface area contributed by atoms with Crippen molar-refractivity contribution < 1.29 is 9.18 Å². The smallest absolute Gasteiger partial charge is 0.228 e. The summed E-state index contributed by atoms with van der Waals surface area (Å²) in [5, 5.41) is 11.4. The van der Waals surface area contributed by atoms with Gasteiger partial charge in [-0.25, -0.2) is 14.4 Å². The van der Waals surface area contributed by atoms with E-state index in [4.69, 9.17) is 4.98 Å². The number of fused-ring (bicyclic) bond motifs is 2. The van der Waals surface area contributed by atoms with Crippen LogP contribution in [0.4, 0.5) is 10.1 Å². The molecule has 0 aliphatic rings. The number of rotatable bonds is 6. The molecule has 0 spiro atoms. The van der Waals surface area contributed by atoms with Crippen LogP contribution in [0.25, 0.3) is 55.8 Å². The Balaban J connectivity index is 1.21. The van der Waals surface area contributed by atoms with Crippen molar-refractivity contribution in [1.82, 2.24) is 30.1 Å². The third-order valence-corrected chi connectivity index (χ3v) is 6.88. The predicted octanol–water partition coefficient (Wildman–Crippen LogP) is 6.55. The van der Waals surface area contributed by atoms with Crippen molar-refractivity contribution in [3.8, 4) is 33.8 Å². The van der Waals surface area contributed by atoms with E-state index in [-0.39, 0.29) is 18.1 Å². The maximum absolute atomic E-state index is 13.9. The Bertz CT molecular complexity index is 2050.